The van der Waals surface area contributed by atoms with E-state index in [1.807, 2.05) is 6.07 Å². The number of ether oxygens (including phenoxy) is 1. The molecule has 2 aromatic rings. The number of rotatable bonds is 5. The Labute approximate surface area is 116 Å². The molecule has 1 aromatic carbocycles. The molecule has 0 spiro atoms. The molecule has 5 heteroatoms. The first-order valence-corrected chi connectivity index (χ1v) is 6.35. The molecule has 106 valence electrons. The van der Waals surface area contributed by atoms with Gasteiger partial charge in [-0.2, -0.15) is 0 Å². The topological polar surface area (TPSA) is 34.1 Å². The number of halogens is 2. The van der Waals surface area contributed by atoms with E-state index in [1.54, 1.807) is 12.3 Å². The van der Waals surface area contributed by atoms with E-state index >= 15 is 0 Å². The number of pyridine rings is 1. The first kappa shape index (κ1) is 14.4. The van der Waals surface area contributed by atoms with Crippen molar-refractivity contribution in [2.45, 2.75) is 26.4 Å². The highest BCUT2D eigenvalue weighted by Gasteiger charge is 2.04. The van der Waals surface area contributed by atoms with Crippen molar-refractivity contribution >= 4 is 0 Å². The fraction of sp³-hybridized carbons (Fsp3) is 0.267. The van der Waals surface area contributed by atoms with Gasteiger partial charge in [-0.3, -0.25) is 0 Å². The zero-order valence-electron chi connectivity index (χ0n) is 11.4. The Morgan fingerprint density at radius 1 is 1.15 bits per heavy atom. The number of hydrogen-bond donors (Lipinski definition) is 1. The first-order valence-electron chi connectivity index (χ1n) is 6.35. The van der Waals surface area contributed by atoms with Crippen LogP contribution in [0.1, 0.15) is 19.4 Å². The number of nitrogens with one attached hydrogen (secondary N) is 1. The maximum absolute atomic E-state index is 13.0. The third kappa shape index (κ3) is 4.28. The van der Waals surface area contributed by atoms with Gasteiger partial charge in [0.15, 0.2) is 0 Å². The van der Waals surface area contributed by atoms with E-state index in [0.29, 0.717) is 18.5 Å². The quantitative estimate of drug-likeness (QED) is 0.906. The standard InChI is InChI=1S/C15H16F2N2O/c1-10(2)18-8-11-3-4-15(19-9-11)20-14-6-12(16)5-13(17)7-14/h3-7,9-10,18H,8H2,1-2H3. The summed E-state index contributed by atoms with van der Waals surface area (Å²) in [5, 5.41) is 3.27. The molecule has 0 amide bonds. The van der Waals surface area contributed by atoms with Crippen LogP contribution in [0.3, 0.4) is 0 Å². The van der Waals surface area contributed by atoms with Crippen LogP contribution in [0.25, 0.3) is 0 Å². The Morgan fingerprint density at radius 2 is 1.85 bits per heavy atom. The number of nitrogens with zero attached hydrogens (tertiary/aromatic N) is 1. The van der Waals surface area contributed by atoms with E-state index in [4.69, 9.17) is 4.74 Å². The highest BCUT2D eigenvalue weighted by Crippen LogP contribution is 2.21. The second kappa shape index (κ2) is 6.43. The average Bonchev–Trinajstić information content (AvgIpc) is 2.36. The number of benzene rings is 1. The highest BCUT2D eigenvalue weighted by molar-refractivity contribution is 5.29. The molecular weight excluding hydrogens is 262 g/mol. The van der Waals surface area contributed by atoms with Crippen LogP contribution in [0.2, 0.25) is 0 Å². The molecule has 0 aliphatic carbocycles. The van der Waals surface area contributed by atoms with Gasteiger partial charge in [-0.1, -0.05) is 19.9 Å². The summed E-state index contributed by atoms with van der Waals surface area (Å²) >= 11 is 0. The van der Waals surface area contributed by atoms with Crippen LogP contribution in [0.4, 0.5) is 8.78 Å². The molecule has 0 saturated carbocycles. The molecule has 0 fully saturated rings. The van der Waals surface area contributed by atoms with Crippen LogP contribution in [-0.4, -0.2) is 11.0 Å². The van der Waals surface area contributed by atoms with E-state index in [2.05, 4.69) is 24.1 Å². The molecule has 2 rings (SSSR count). The van der Waals surface area contributed by atoms with Crippen LogP contribution in [0, 0.1) is 11.6 Å². The predicted molar refractivity (Wildman–Crippen MR) is 72.6 cm³/mol. The third-order valence-electron chi connectivity index (χ3n) is 2.57. The van der Waals surface area contributed by atoms with Crippen LogP contribution >= 0.6 is 0 Å². The Balaban J connectivity index is 2.03. The molecule has 0 unspecified atom stereocenters. The molecule has 0 aliphatic rings. The summed E-state index contributed by atoms with van der Waals surface area (Å²) in [5.74, 6) is -0.984. The summed E-state index contributed by atoms with van der Waals surface area (Å²) in [6, 6.07) is 6.92. The number of hydrogen-bond acceptors (Lipinski definition) is 3. The summed E-state index contributed by atoms with van der Waals surface area (Å²) in [5.41, 5.74) is 1.01. The molecule has 0 aliphatic heterocycles. The molecule has 0 saturated heterocycles. The summed E-state index contributed by atoms with van der Waals surface area (Å²) < 4.78 is 31.4. The van der Waals surface area contributed by atoms with Crippen molar-refractivity contribution in [1.82, 2.24) is 10.3 Å². The zero-order valence-corrected chi connectivity index (χ0v) is 11.4. The van der Waals surface area contributed by atoms with Crippen LogP contribution in [-0.2, 0) is 6.54 Å². The van der Waals surface area contributed by atoms with Crippen molar-refractivity contribution in [3.63, 3.8) is 0 Å². The minimum Gasteiger partial charge on any atom is -0.439 e. The van der Waals surface area contributed by atoms with Gasteiger partial charge in [0.05, 0.1) is 0 Å². The minimum absolute atomic E-state index is 0.0862. The summed E-state index contributed by atoms with van der Waals surface area (Å²) in [6.45, 7) is 4.83. The SMILES string of the molecule is CC(C)NCc1ccc(Oc2cc(F)cc(F)c2)nc1. The van der Waals surface area contributed by atoms with Crippen LogP contribution in [0.5, 0.6) is 11.6 Å². The molecule has 20 heavy (non-hydrogen) atoms. The van der Waals surface area contributed by atoms with Gasteiger partial charge in [0, 0.05) is 43.0 Å². The maximum atomic E-state index is 13.0. The van der Waals surface area contributed by atoms with Gasteiger partial charge in [-0.25, -0.2) is 13.8 Å². The van der Waals surface area contributed by atoms with Crippen molar-refractivity contribution in [3.8, 4) is 11.6 Å². The molecule has 3 nitrogen and oxygen atoms in total. The van der Waals surface area contributed by atoms with Crippen molar-refractivity contribution < 1.29 is 13.5 Å². The Morgan fingerprint density at radius 3 is 2.40 bits per heavy atom. The summed E-state index contributed by atoms with van der Waals surface area (Å²) in [7, 11) is 0. The molecule has 1 aromatic heterocycles. The normalized spacial score (nSPS) is 10.8. The van der Waals surface area contributed by atoms with E-state index < -0.39 is 11.6 Å². The Kier molecular flexibility index (Phi) is 4.63. The fourth-order valence-corrected chi connectivity index (χ4v) is 1.61. The van der Waals surface area contributed by atoms with Crippen molar-refractivity contribution in [1.29, 1.82) is 0 Å². The van der Waals surface area contributed by atoms with Gasteiger partial charge >= 0.3 is 0 Å². The maximum Gasteiger partial charge on any atom is 0.219 e. The fourth-order valence-electron chi connectivity index (χ4n) is 1.61. The number of aromatic nitrogens is 1. The van der Waals surface area contributed by atoms with Gasteiger partial charge in [0.1, 0.15) is 17.4 Å². The van der Waals surface area contributed by atoms with E-state index in [0.717, 1.165) is 23.8 Å². The molecule has 0 atom stereocenters. The van der Waals surface area contributed by atoms with Gasteiger partial charge in [0.2, 0.25) is 5.88 Å². The van der Waals surface area contributed by atoms with Crippen molar-refractivity contribution in [3.05, 3.63) is 53.7 Å². The monoisotopic (exact) mass is 278 g/mol. The lowest BCUT2D eigenvalue weighted by atomic mass is 10.2. The van der Waals surface area contributed by atoms with Crippen LogP contribution in [0.15, 0.2) is 36.5 Å². The molecule has 0 radical (unpaired) electrons. The lowest BCUT2D eigenvalue weighted by Crippen LogP contribution is -2.21. The molecule has 1 N–H and O–H groups in total. The van der Waals surface area contributed by atoms with Crippen LogP contribution < -0.4 is 10.1 Å². The molecule has 1 heterocycles. The Bertz CT molecular complexity index is 550. The largest absolute Gasteiger partial charge is 0.439 e. The van der Waals surface area contributed by atoms with Gasteiger partial charge in [-0.15, -0.1) is 0 Å². The summed E-state index contributed by atoms with van der Waals surface area (Å²) in [4.78, 5) is 4.10. The van der Waals surface area contributed by atoms with E-state index in [1.165, 1.54) is 0 Å². The van der Waals surface area contributed by atoms with E-state index in [-0.39, 0.29) is 5.75 Å². The molecule has 0 bridgehead atoms. The zero-order chi connectivity index (χ0) is 14.5. The predicted octanol–water partition coefficient (Wildman–Crippen LogP) is 3.65. The smallest absolute Gasteiger partial charge is 0.219 e. The van der Waals surface area contributed by atoms with Gasteiger partial charge in [-0.05, 0) is 5.56 Å². The second-order valence-electron chi connectivity index (χ2n) is 4.75. The van der Waals surface area contributed by atoms with Crippen molar-refractivity contribution in [2.24, 2.45) is 0 Å². The first-order chi connectivity index (χ1) is 9.52. The minimum atomic E-state index is -0.683. The third-order valence-corrected chi connectivity index (χ3v) is 2.57. The average molecular weight is 278 g/mol. The summed E-state index contributed by atoms with van der Waals surface area (Å²) in [6.07, 6.45) is 1.67. The van der Waals surface area contributed by atoms with Crippen molar-refractivity contribution in [2.75, 3.05) is 0 Å². The lowest BCUT2D eigenvalue weighted by molar-refractivity contribution is 0.450. The van der Waals surface area contributed by atoms with Gasteiger partial charge in [0.25, 0.3) is 0 Å². The van der Waals surface area contributed by atoms with E-state index in [9.17, 15) is 8.78 Å². The Hall–Kier alpha value is -2.01. The lowest BCUT2D eigenvalue weighted by Gasteiger charge is -2.09. The second-order valence-corrected chi connectivity index (χ2v) is 4.75. The molecular formula is C15H16F2N2O. The van der Waals surface area contributed by atoms with Gasteiger partial charge < -0.3 is 10.1 Å². The highest BCUT2D eigenvalue weighted by atomic mass is 19.1.